The van der Waals surface area contributed by atoms with Crippen molar-refractivity contribution in [1.82, 2.24) is 10.1 Å². The maximum atomic E-state index is 11.8. The predicted molar refractivity (Wildman–Crippen MR) is 101 cm³/mol. The van der Waals surface area contributed by atoms with Crippen LogP contribution >= 0.6 is 0 Å². The van der Waals surface area contributed by atoms with Gasteiger partial charge in [0.2, 0.25) is 17.6 Å². The molecule has 138 valence electrons. The number of nitrogens with one attached hydrogen (secondary N) is 2. The Morgan fingerprint density at radius 2 is 1.89 bits per heavy atom. The molecule has 3 aromatic rings. The summed E-state index contributed by atoms with van der Waals surface area (Å²) >= 11 is 0. The summed E-state index contributed by atoms with van der Waals surface area (Å²) < 4.78 is 10.6. The zero-order valence-electron chi connectivity index (χ0n) is 14.9. The van der Waals surface area contributed by atoms with Gasteiger partial charge in [-0.15, -0.1) is 0 Å². The number of carbonyl (C=O) groups excluding carboxylic acids is 1. The summed E-state index contributed by atoms with van der Waals surface area (Å²) in [6.07, 6.45) is 1.99. The minimum Gasteiger partial charge on any atom is -0.496 e. The summed E-state index contributed by atoms with van der Waals surface area (Å²) in [6, 6.07) is 15.1. The Kier molecular flexibility index (Phi) is 4.74. The Labute approximate surface area is 156 Å². The molecule has 1 aromatic heterocycles. The fraction of sp³-hybridized carbons (Fsp3) is 0.250. The molecule has 1 saturated carbocycles. The number of rotatable bonds is 7. The first-order valence-electron chi connectivity index (χ1n) is 8.84. The van der Waals surface area contributed by atoms with Gasteiger partial charge >= 0.3 is 0 Å². The lowest BCUT2D eigenvalue weighted by atomic mass is 10.2. The molecule has 0 atom stereocenters. The number of amides is 1. The second-order valence-electron chi connectivity index (χ2n) is 6.41. The summed E-state index contributed by atoms with van der Waals surface area (Å²) in [5, 5.41) is 10.2. The third-order valence-electron chi connectivity index (χ3n) is 4.36. The van der Waals surface area contributed by atoms with Gasteiger partial charge in [-0.2, -0.15) is 4.98 Å². The Bertz CT molecular complexity index is 932. The molecule has 0 radical (unpaired) electrons. The molecule has 27 heavy (non-hydrogen) atoms. The normalized spacial score (nSPS) is 13.2. The molecule has 0 aliphatic heterocycles. The van der Waals surface area contributed by atoms with E-state index in [1.165, 1.54) is 0 Å². The summed E-state index contributed by atoms with van der Waals surface area (Å²) in [4.78, 5) is 16.2. The Morgan fingerprint density at radius 1 is 1.15 bits per heavy atom. The molecular weight excluding hydrogens is 344 g/mol. The third-order valence-corrected chi connectivity index (χ3v) is 4.36. The number of methoxy groups -OCH3 is 1. The van der Waals surface area contributed by atoms with Gasteiger partial charge in [0.25, 0.3) is 0 Å². The number of hydrogen-bond donors (Lipinski definition) is 2. The number of anilines is 2. The Hall–Kier alpha value is -3.35. The van der Waals surface area contributed by atoms with Crippen molar-refractivity contribution in [1.29, 1.82) is 0 Å². The first-order chi connectivity index (χ1) is 13.2. The number of benzene rings is 2. The lowest BCUT2D eigenvalue weighted by Gasteiger charge is -2.07. The minimum atomic E-state index is 0.102. The number of aromatic nitrogens is 2. The topological polar surface area (TPSA) is 89.3 Å². The van der Waals surface area contributed by atoms with Crippen LogP contribution in [0.2, 0.25) is 0 Å². The first-order valence-corrected chi connectivity index (χ1v) is 8.84. The molecule has 1 fully saturated rings. The highest BCUT2D eigenvalue weighted by Gasteiger charge is 2.29. The molecule has 2 aromatic carbocycles. The molecule has 4 rings (SSSR count). The highest BCUT2D eigenvalue weighted by molar-refractivity contribution is 5.94. The van der Waals surface area contributed by atoms with Crippen LogP contribution in [-0.2, 0) is 11.3 Å². The highest BCUT2D eigenvalue weighted by atomic mass is 16.5. The summed E-state index contributed by atoms with van der Waals surface area (Å²) in [5.74, 6) is 1.95. The van der Waals surface area contributed by atoms with Crippen LogP contribution in [0.4, 0.5) is 11.4 Å². The molecule has 1 aliphatic rings. The van der Waals surface area contributed by atoms with Crippen LogP contribution < -0.4 is 15.4 Å². The van der Waals surface area contributed by atoms with E-state index in [0.29, 0.717) is 24.0 Å². The van der Waals surface area contributed by atoms with E-state index >= 15 is 0 Å². The summed E-state index contributed by atoms with van der Waals surface area (Å²) in [6.45, 7) is 0.399. The SMILES string of the molecule is COc1ccccc1-c1noc(CNc2ccc(NC(=O)C3CC3)cc2)n1. The standard InChI is InChI=1S/C20H20N4O3/c1-26-17-5-3-2-4-16(17)19-23-18(27-24-19)12-21-14-8-10-15(11-9-14)22-20(25)13-6-7-13/h2-5,8-11,13,21H,6-7,12H2,1H3,(H,22,25). The van der Waals surface area contributed by atoms with Crippen LogP contribution in [0.1, 0.15) is 18.7 Å². The van der Waals surface area contributed by atoms with Gasteiger partial charge in [-0.05, 0) is 49.2 Å². The molecule has 7 heteroatoms. The molecule has 1 heterocycles. The Morgan fingerprint density at radius 3 is 2.63 bits per heavy atom. The van der Waals surface area contributed by atoms with Crippen molar-refractivity contribution in [3.63, 3.8) is 0 Å². The number of carbonyl (C=O) groups is 1. The van der Waals surface area contributed by atoms with Gasteiger partial charge < -0.3 is 19.9 Å². The molecule has 0 bridgehead atoms. The summed E-state index contributed by atoms with van der Waals surface area (Å²) in [5.41, 5.74) is 2.48. The van der Waals surface area contributed by atoms with Gasteiger partial charge in [0.1, 0.15) is 5.75 Å². The van der Waals surface area contributed by atoms with Gasteiger partial charge in [-0.3, -0.25) is 4.79 Å². The second-order valence-corrected chi connectivity index (χ2v) is 6.41. The van der Waals surface area contributed by atoms with Crippen LogP contribution in [0, 0.1) is 5.92 Å². The van der Waals surface area contributed by atoms with E-state index in [0.717, 1.165) is 29.8 Å². The zero-order valence-corrected chi connectivity index (χ0v) is 14.9. The van der Waals surface area contributed by atoms with E-state index in [1.807, 2.05) is 48.5 Å². The molecular formula is C20H20N4O3. The lowest BCUT2D eigenvalue weighted by Crippen LogP contribution is -2.13. The van der Waals surface area contributed by atoms with E-state index in [4.69, 9.17) is 9.26 Å². The molecule has 2 N–H and O–H groups in total. The lowest BCUT2D eigenvalue weighted by molar-refractivity contribution is -0.117. The third kappa shape index (κ3) is 4.08. The fourth-order valence-electron chi connectivity index (χ4n) is 2.70. The Balaban J connectivity index is 1.36. The van der Waals surface area contributed by atoms with Gasteiger partial charge in [0.15, 0.2) is 0 Å². The van der Waals surface area contributed by atoms with Crippen LogP contribution in [0.3, 0.4) is 0 Å². The smallest absolute Gasteiger partial charge is 0.246 e. The molecule has 1 aliphatic carbocycles. The first kappa shape index (κ1) is 17.1. The molecule has 7 nitrogen and oxygen atoms in total. The van der Waals surface area contributed by atoms with Crippen molar-refractivity contribution in [3.8, 4) is 17.1 Å². The van der Waals surface area contributed by atoms with Crippen molar-refractivity contribution < 1.29 is 14.1 Å². The van der Waals surface area contributed by atoms with Crippen molar-refractivity contribution in [2.75, 3.05) is 17.7 Å². The van der Waals surface area contributed by atoms with Gasteiger partial charge in [0.05, 0.1) is 19.2 Å². The van der Waals surface area contributed by atoms with Gasteiger partial charge in [-0.25, -0.2) is 0 Å². The van der Waals surface area contributed by atoms with Crippen molar-refractivity contribution in [3.05, 3.63) is 54.4 Å². The van der Waals surface area contributed by atoms with Crippen LogP contribution in [0.25, 0.3) is 11.4 Å². The van der Waals surface area contributed by atoms with E-state index in [2.05, 4.69) is 20.8 Å². The van der Waals surface area contributed by atoms with E-state index in [1.54, 1.807) is 7.11 Å². The maximum Gasteiger partial charge on any atom is 0.246 e. The number of hydrogen-bond acceptors (Lipinski definition) is 6. The average molecular weight is 364 g/mol. The number of ether oxygens (including phenoxy) is 1. The van der Waals surface area contributed by atoms with Crippen LogP contribution in [-0.4, -0.2) is 23.2 Å². The summed E-state index contributed by atoms with van der Waals surface area (Å²) in [7, 11) is 1.61. The number of para-hydroxylation sites is 1. The van der Waals surface area contributed by atoms with Crippen molar-refractivity contribution in [2.45, 2.75) is 19.4 Å². The van der Waals surface area contributed by atoms with E-state index < -0.39 is 0 Å². The fourth-order valence-corrected chi connectivity index (χ4v) is 2.70. The molecule has 0 saturated heterocycles. The highest BCUT2D eigenvalue weighted by Crippen LogP contribution is 2.30. The molecule has 1 amide bonds. The van der Waals surface area contributed by atoms with Gasteiger partial charge in [-0.1, -0.05) is 17.3 Å². The van der Waals surface area contributed by atoms with Crippen molar-refractivity contribution >= 4 is 17.3 Å². The van der Waals surface area contributed by atoms with E-state index in [9.17, 15) is 4.79 Å². The van der Waals surface area contributed by atoms with Crippen molar-refractivity contribution in [2.24, 2.45) is 5.92 Å². The van der Waals surface area contributed by atoms with E-state index in [-0.39, 0.29) is 11.8 Å². The minimum absolute atomic E-state index is 0.102. The van der Waals surface area contributed by atoms with Crippen LogP contribution in [0.15, 0.2) is 53.1 Å². The monoisotopic (exact) mass is 364 g/mol. The average Bonchev–Trinajstić information content (AvgIpc) is 3.46. The van der Waals surface area contributed by atoms with Crippen LogP contribution in [0.5, 0.6) is 5.75 Å². The molecule has 0 unspecified atom stereocenters. The quantitative estimate of drug-likeness (QED) is 0.664. The van der Waals surface area contributed by atoms with Gasteiger partial charge in [0, 0.05) is 17.3 Å². The predicted octanol–water partition coefficient (Wildman–Crippen LogP) is 3.71. The maximum absolute atomic E-state index is 11.8. The second kappa shape index (κ2) is 7.49. The largest absolute Gasteiger partial charge is 0.496 e. The molecule has 0 spiro atoms. The number of nitrogens with zero attached hydrogens (tertiary/aromatic N) is 2. The zero-order chi connectivity index (χ0) is 18.6.